The summed E-state index contributed by atoms with van der Waals surface area (Å²) in [6, 6.07) is 14.4. The first-order valence-electron chi connectivity index (χ1n) is 8.99. The zero-order valence-corrected chi connectivity index (χ0v) is 17.0. The second-order valence-corrected chi connectivity index (χ2v) is 8.66. The number of fused-ring (bicyclic) bond motifs is 1. The number of ether oxygens (including phenoxy) is 1. The minimum absolute atomic E-state index is 0.148. The molecule has 0 radical (unpaired) electrons. The second kappa shape index (κ2) is 7.69. The number of rotatable bonds is 6. The second-order valence-electron chi connectivity index (χ2n) is 7.33. The molecule has 2 aromatic carbocycles. The molecule has 0 saturated carbocycles. The molecule has 4 nitrogen and oxygen atoms in total. The van der Waals surface area contributed by atoms with Crippen LogP contribution < -0.4 is 15.8 Å². The Morgan fingerprint density at radius 3 is 2.67 bits per heavy atom. The summed E-state index contributed by atoms with van der Waals surface area (Å²) < 4.78 is 5.52. The van der Waals surface area contributed by atoms with Crippen LogP contribution in [0.4, 0.5) is 5.69 Å². The van der Waals surface area contributed by atoms with Crippen LogP contribution in [0, 0.1) is 0 Å². The van der Waals surface area contributed by atoms with Gasteiger partial charge in [0.15, 0.2) is 0 Å². The van der Waals surface area contributed by atoms with E-state index in [0.717, 1.165) is 33.9 Å². The Balaban J connectivity index is 2.00. The van der Waals surface area contributed by atoms with Gasteiger partial charge in [0.2, 0.25) is 5.91 Å². The number of amides is 1. The number of nitrogens with two attached hydrogens (primary N) is 1. The van der Waals surface area contributed by atoms with Crippen molar-refractivity contribution >= 4 is 28.9 Å². The SMILES string of the molecule is COc1ccccc1-c1ccc2c(c1)C(CSC(C)C(N)=O)=CC(C)(C)N2. The van der Waals surface area contributed by atoms with Gasteiger partial charge in [-0.2, -0.15) is 0 Å². The number of carbonyl (C=O) groups is 1. The minimum atomic E-state index is -0.281. The van der Waals surface area contributed by atoms with Gasteiger partial charge >= 0.3 is 0 Å². The van der Waals surface area contributed by atoms with E-state index >= 15 is 0 Å². The highest BCUT2D eigenvalue weighted by Gasteiger charge is 2.25. The molecule has 1 heterocycles. The molecule has 0 bridgehead atoms. The van der Waals surface area contributed by atoms with Crippen molar-refractivity contribution in [3.8, 4) is 16.9 Å². The topological polar surface area (TPSA) is 64.3 Å². The van der Waals surface area contributed by atoms with Gasteiger partial charge in [-0.15, -0.1) is 11.8 Å². The van der Waals surface area contributed by atoms with Crippen molar-refractivity contribution < 1.29 is 9.53 Å². The van der Waals surface area contributed by atoms with Crippen molar-refractivity contribution in [2.24, 2.45) is 5.73 Å². The third kappa shape index (κ3) is 4.30. The smallest absolute Gasteiger partial charge is 0.230 e. The monoisotopic (exact) mass is 382 g/mol. The molecule has 2 aromatic rings. The Bertz CT molecular complexity index is 890. The highest BCUT2D eigenvalue weighted by Crippen LogP contribution is 2.40. The number of benzene rings is 2. The predicted octanol–water partition coefficient (Wildman–Crippen LogP) is 4.56. The highest BCUT2D eigenvalue weighted by atomic mass is 32.2. The number of anilines is 1. The largest absolute Gasteiger partial charge is 0.496 e. The number of primary amides is 1. The Morgan fingerprint density at radius 2 is 1.96 bits per heavy atom. The quantitative estimate of drug-likeness (QED) is 0.769. The number of carbonyl (C=O) groups excluding carboxylic acids is 1. The van der Waals surface area contributed by atoms with E-state index in [1.807, 2.05) is 25.1 Å². The maximum absolute atomic E-state index is 11.4. The van der Waals surface area contributed by atoms with Crippen LogP contribution in [0.5, 0.6) is 5.75 Å². The fourth-order valence-electron chi connectivity index (χ4n) is 3.28. The van der Waals surface area contributed by atoms with Crippen molar-refractivity contribution in [3.63, 3.8) is 0 Å². The van der Waals surface area contributed by atoms with E-state index in [0.29, 0.717) is 0 Å². The van der Waals surface area contributed by atoms with Crippen molar-refractivity contribution in [3.05, 3.63) is 54.1 Å². The lowest BCUT2D eigenvalue weighted by atomic mass is 9.89. The molecule has 1 unspecified atom stereocenters. The summed E-state index contributed by atoms with van der Waals surface area (Å²) in [7, 11) is 1.69. The van der Waals surface area contributed by atoms with Crippen LogP contribution in [-0.4, -0.2) is 29.6 Å². The van der Waals surface area contributed by atoms with Crippen molar-refractivity contribution in [1.82, 2.24) is 0 Å². The molecule has 0 fully saturated rings. The molecule has 142 valence electrons. The number of para-hydroxylation sites is 1. The van der Waals surface area contributed by atoms with E-state index in [1.54, 1.807) is 18.9 Å². The van der Waals surface area contributed by atoms with Gasteiger partial charge in [0.1, 0.15) is 5.75 Å². The summed E-state index contributed by atoms with van der Waals surface area (Å²) in [6.07, 6.45) is 2.24. The molecule has 0 saturated heterocycles. The van der Waals surface area contributed by atoms with Gasteiger partial charge in [0, 0.05) is 22.6 Å². The maximum atomic E-state index is 11.4. The number of nitrogens with one attached hydrogen (secondary N) is 1. The maximum Gasteiger partial charge on any atom is 0.230 e. The first kappa shape index (κ1) is 19.4. The zero-order valence-electron chi connectivity index (χ0n) is 16.2. The Morgan fingerprint density at radius 1 is 1.22 bits per heavy atom. The summed E-state index contributed by atoms with van der Waals surface area (Å²) in [5.41, 5.74) is 10.9. The molecule has 1 aliphatic heterocycles. The van der Waals surface area contributed by atoms with E-state index in [-0.39, 0.29) is 16.7 Å². The third-order valence-corrected chi connectivity index (χ3v) is 5.87. The van der Waals surface area contributed by atoms with E-state index < -0.39 is 0 Å². The molecule has 5 heteroatoms. The fraction of sp³-hybridized carbons (Fsp3) is 0.318. The lowest BCUT2D eigenvalue weighted by molar-refractivity contribution is -0.117. The Hall–Kier alpha value is -2.40. The molecule has 0 spiro atoms. The van der Waals surface area contributed by atoms with Crippen LogP contribution >= 0.6 is 11.8 Å². The molecule has 0 aromatic heterocycles. The lowest BCUT2D eigenvalue weighted by Gasteiger charge is -2.33. The van der Waals surface area contributed by atoms with Crippen LogP contribution in [-0.2, 0) is 4.79 Å². The molecule has 1 amide bonds. The van der Waals surface area contributed by atoms with Crippen LogP contribution in [0.1, 0.15) is 26.3 Å². The fourth-order valence-corrected chi connectivity index (χ4v) is 4.12. The van der Waals surface area contributed by atoms with Crippen molar-refractivity contribution in [2.45, 2.75) is 31.6 Å². The van der Waals surface area contributed by atoms with Gasteiger partial charge in [-0.05, 0) is 50.1 Å². The van der Waals surface area contributed by atoms with E-state index in [2.05, 4.69) is 49.5 Å². The average Bonchev–Trinajstić information content (AvgIpc) is 2.64. The van der Waals surface area contributed by atoms with E-state index in [4.69, 9.17) is 10.5 Å². The molecule has 0 aliphatic carbocycles. The van der Waals surface area contributed by atoms with Crippen molar-refractivity contribution in [1.29, 1.82) is 0 Å². The zero-order chi connectivity index (χ0) is 19.6. The summed E-state index contributed by atoms with van der Waals surface area (Å²) in [6.45, 7) is 6.14. The molecule has 3 rings (SSSR count). The van der Waals surface area contributed by atoms with Crippen LogP contribution in [0.25, 0.3) is 16.7 Å². The standard InChI is InChI=1S/C22H26N2O2S/c1-14(21(23)25)27-13-16-12-22(2,3)24-19-10-9-15(11-18(16)19)17-7-5-6-8-20(17)26-4/h5-12,14,24H,13H2,1-4H3,(H2,23,25). The van der Waals surface area contributed by atoms with Crippen LogP contribution in [0.15, 0.2) is 48.5 Å². The first-order valence-corrected chi connectivity index (χ1v) is 10.0. The molecular weight excluding hydrogens is 356 g/mol. The number of hydrogen-bond donors (Lipinski definition) is 2. The van der Waals surface area contributed by atoms with Gasteiger partial charge in [-0.25, -0.2) is 0 Å². The molecule has 27 heavy (non-hydrogen) atoms. The average molecular weight is 383 g/mol. The van der Waals surface area contributed by atoms with Gasteiger partial charge in [0.05, 0.1) is 17.9 Å². The van der Waals surface area contributed by atoms with Gasteiger partial charge in [-0.1, -0.05) is 30.3 Å². The van der Waals surface area contributed by atoms with Crippen LogP contribution in [0.3, 0.4) is 0 Å². The minimum Gasteiger partial charge on any atom is -0.496 e. The summed E-state index contributed by atoms with van der Waals surface area (Å²) >= 11 is 1.57. The number of hydrogen-bond acceptors (Lipinski definition) is 4. The predicted molar refractivity (Wildman–Crippen MR) is 115 cm³/mol. The summed E-state index contributed by atoms with van der Waals surface area (Å²) in [4.78, 5) is 11.4. The van der Waals surface area contributed by atoms with Crippen molar-refractivity contribution in [2.75, 3.05) is 18.2 Å². The molecular formula is C22H26N2O2S. The van der Waals surface area contributed by atoms with Crippen LogP contribution in [0.2, 0.25) is 0 Å². The van der Waals surface area contributed by atoms with E-state index in [1.165, 1.54) is 5.57 Å². The summed E-state index contributed by atoms with van der Waals surface area (Å²) in [5.74, 6) is 1.30. The first-order chi connectivity index (χ1) is 12.8. The molecule has 1 aliphatic rings. The Kier molecular flexibility index (Phi) is 5.51. The summed E-state index contributed by atoms with van der Waals surface area (Å²) in [5, 5.41) is 3.36. The van der Waals surface area contributed by atoms with Gasteiger partial charge in [-0.3, -0.25) is 4.79 Å². The van der Waals surface area contributed by atoms with E-state index in [9.17, 15) is 4.79 Å². The molecule has 1 atom stereocenters. The third-order valence-electron chi connectivity index (χ3n) is 4.66. The van der Waals surface area contributed by atoms with Gasteiger partial charge < -0.3 is 15.8 Å². The highest BCUT2D eigenvalue weighted by molar-refractivity contribution is 8.01. The lowest BCUT2D eigenvalue weighted by Crippen LogP contribution is -2.32. The Labute approximate surface area is 165 Å². The molecule has 3 N–H and O–H groups in total. The normalized spacial score (nSPS) is 15.9. The van der Waals surface area contributed by atoms with Gasteiger partial charge in [0.25, 0.3) is 0 Å². The number of methoxy groups -OCH3 is 1. The number of thioether (sulfide) groups is 1.